The molecule has 27 heteroatoms. The van der Waals surface area contributed by atoms with E-state index < -0.39 is 71.4 Å². The molecule has 27 nitrogen and oxygen atoms in total. The van der Waals surface area contributed by atoms with Crippen LogP contribution in [0.4, 0.5) is 22.7 Å². The molecule has 4 aromatic carbocycles. The molecule has 0 unspecified atom stereocenters. The first-order valence-corrected chi connectivity index (χ1v) is 26.9. The van der Waals surface area contributed by atoms with E-state index in [1.807, 2.05) is 0 Å². The van der Waals surface area contributed by atoms with Gasteiger partial charge in [-0.05, 0) is 157 Å². The van der Waals surface area contributed by atoms with Gasteiger partial charge in [0, 0.05) is 29.3 Å². The van der Waals surface area contributed by atoms with Crippen LogP contribution in [0, 0.1) is 0 Å². The largest absolute Gasteiger partial charge is 0.496 e. The number of carbonyl (C=O) groups is 8. The zero-order chi connectivity index (χ0) is 61.0. The number of hydrogen-bond acceptors (Lipinski definition) is 17. The molecule has 0 heterocycles. The van der Waals surface area contributed by atoms with E-state index in [1.165, 1.54) is 101 Å². The number of anilines is 4. The first-order chi connectivity index (χ1) is 39.8. The van der Waals surface area contributed by atoms with Crippen molar-refractivity contribution in [1.29, 1.82) is 0 Å². The lowest BCUT2D eigenvalue weighted by Gasteiger charge is -2.22. The molecule has 0 aliphatic rings. The van der Waals surface area contributed by atoms with Crippen molar-refractivity contribution in [3.8, 4) is 23.0 Å². The van der Waals surface area contributed by atoms with Gasteiger partial charge in [0.15, 0.2) is 5.96 Å². The van der Waals surface area contributed by atoms with Crippen LogP contribution in [0.1, 0.15) is 112 Å². The summed E-state index contributed by atoms with van der Waals surface area (Å²) in [6, 6.07) is 12.9. The quantitative estimate of drug-likeness (QED) is 0.0177. The van der Waals surface area contributed by atoms with E-state index in [-0.39, 0.29) is 106 Å². The summed E-state index contributed by atoms with van der Waals surface area (Å²) >= 11 is 0. The first kappa shape index (κ1) is 66.5. The Bertz CT molecular complexity index is 2920. The van der Waals surface area contributed by atoms with Gasteiger partial charge in [-0.3, -0.25) is 43.3 Å². The molecule has 0 radical (unpaired) electrons. The Kier molecular flexibility index (Phi) is 27.5. The fraction of sp³-hybridized carbons (Fsp3) is 0.411. The SMILES string of the molecule is COc1ccc(NC(=O)[C@H](CCCCN)NC(=O)c2cc(NC(=O)[C@H](CCCCN)NC(=O)c3cc(NC(=O)[C@H](CCCN=C(N)N)NC(=O)c4cc(NC(=O)[C@@H](N)CCCCN)ccc4OC)ccc3OC)ccc2OC)cc1C(N)=O. The van der Waals surface area contributed by atoms with Gasteiger partial charge in [0.2, 0.25) is 23.6 Å². The highest BCUT2D eigenvalue weighted by Gasteiger charge is 2.29. The predicted octanol–water partition coefficient (Wildman–Crippen LogP) is 1.74. The molecule has 8 amide bonds. The summed E-state index contributed by atoms with van der Waals surface area (Å²) < 4.78 is 21.7. The summed E-state index contributed by atoms with van der Waals surface area (Å²) in [7, 11) is 5.40. The number of primary amides is 1. The van der Waals surface area contributed by atoms with Gasteiger partial charge in [0.1, 0.15) is 41.1 Å². The minimum Gasteiger partial charge on any atom is -0.496 e. The molecular formula is C56H79N15O12. The topological polar surface area (TPSA) is 452 Å². The number of aliphatic imine (C=N–C) groups is 1. The Hall–Kier alpha value is -9.05. The molecule has 21 N–H and O–H groups in total. The highest BCUT2D eigenvalue weighted by Crippen LogP contribution is 2.28. The zero-order valence-electron chi connectivity index (χ0n) is 47.2. The molecule has 4 atom stereocenters. The highest BCUT2D eigenvalue weighted by atomic mass is 16.5. The van der Waals surface area contributed by atoms with Gasteiger partial charge in [-0.2, -0.15) is 0 Å². The lowest BCUT2D eigenvalue weighted by molar-refractivity contribution is -0.118. The fourth-order valence-corrected chi connectivity index (χ4v) is 8.43. The van der Waals surface area contributed by atoms with E-state index in [0.717, 1.165) is 0 Å². The van der Waals surface area contributed by atoms with Crippen molar-refractivity contribution in [2.75, 3.05) is 75.9 Å². The summed E-state index contributed by atoms with van der Waals surface area (Å²) in [5.74, 6) is -5.08. The van der Waals surface area contributed by atoms with Crippen LogP contribution in [0.25, 0.3) is 0 Å². The maximum Gasteiger partial charge on any atom is 0.255 e. The number of guanidine groups is 1. The molecule has 450 valence electrons. The van der Waals surface area contributed by atoms with E-state index >= 15 is 0 Å². The molecule has 0 bridgehead atoms. The molecule has 0 spiro atoms. The van der Waals surface area contributed by atoms with Crippen molar-refractivity contribution in [2.45, 2.75) is 94.8 Å². The lowest BCUT2D eigenvalue weighted by Crippen LogP contribution is -2.44. The number of carbonyl (C=O) groups excluding carboxylic acids is 8. The number of methoxy groups -OCH3 is 4. The monoisotopic (exact) mass is 1150 g/mol. The fourth-order valence-electron chi connectivity index (χ4n) is 8.43. The lowest BCUT2D eigenvalue weighted by atomic mass is 10.1. The van der Waals surface area contributed by atoms with E-state index in [0.29, 0.717) is 64.6 Å². The second-order valence-corrected chi connectivity index (χ2v) is 19.0. The van der Waals surface area contributed by atoms with Crippen LogP contribution in [-0.4, -0.2) is 132 Å². The molecular weight excluding hydrogens is 1070 g/mol. The van der Waals surface area contributed by atoms with Crippen molar-refractivity contribution >= 4 is 76.0 Å². The molecule has 0 saturated carbocycles. The summed E-state index contributed by atoms with van der Waals surface area (Å²) in [6.45, 7) is 1.22. The molecule has 83 heavy (non-hydrogen) atoms. The number of nitrogens with two attached hydrogens (primary N) is 7. The van der Waals surface area contributed by atoms with Crippen LogP contribution in [-0.2, 0) is 19.2 Å². The minimum atomic E-state index is -1.22. The van der Waals surface area contributed by atoms with Gasteiger partial charge in [0.05, 0.1) is 56.7 Å². The summed E-state index contributed by atoms with van der Waals surface area (Å²) in [5, 5.41) is 19.2. The summed E-state index contributed by atoms with van der Waals surface area (Å²) in [4.78, 5) is 113. The van der Waals surface area contributed by atoms with E-state index in [1.54, 1.807) is 0 Å². The maximum absolute atomic E-state index is 14.3. The summed E-state index contributed by atoms with van der Waals surface area (Å²) in [5.41, 5.74) is 40.4. The van der Waals surface area contributed by atoms with E-state index in [9.17, 15) is 38.4 Å². The predicted molar refractivity (Wildman–Crippen MR) is 315 cm³/mol. The standard InChI is InChI=1S/C56H79N15O12/c1-80-44-20-16-32(28-36(44)48(61)72)66-53(77)41(13-6-9-25-58)69-49(73)38-30-34(18-22-46(38)82-3)67-54(78)42(14-7-10-26-59)70-50(74)39-31-35(19-23-47(39)83-4)68-55(79)43(15-11-27-64-56(62)63)71-51(75)37-29-33(17-21-45(37)81-2)65-52(76)40(60)12-5-8-24-57/h16-23,28-31,40-43H,5-15,24-27,57-60H2,1-4H3,(H2,61,72)(H,65,76)(H,66,77)(H,67,78)(H,68,79)(H,69,73)(H,70,74)(H,71,75)(H4,62,63,64)/t40-,41-,42-,43-/m0/s1. The normalized spacial score (nSPS) is 12.2. The smallest absolute Gasteiger partial charge is 0.255 e. The van der Waals surface area contributed by atoms with Crippen LogP contribution in [0.2, 0.25) is 0 Å². The van der Waals surface area contributed by atoms with Crippen LogP contribution in [0.5, 0.6) is 23.0 Å². The number of nitrogens with zero attached hydrogens (tertiary/aromatic N) is 1. The second kappa shape index (κ2) is 34.3. The van der Waals surface area contributed by atoms with Gasteiger partial charge in [-0.15, -0.1) is 0 Å². The third kappa shape index (κ3) is 20.8. The molecule has 0 saturated heterocycles. The zero-order valence-corrected chi connectivity index (χ0v) is 47.2. The van der Waals surface area contributed by atoms with Crippen molar-refractivity contribution in [3.05, 3.63) is 95.1 Å². The van der Waals surface area contributed by atoms with Crippen molar-refractivity contribution in [2.24, 2.45) is 45.1 Å². The number of nitrogens with one attached hydrogen (secondary N) is 7. The second-order valence-electron chi connectivity index (χ2n) is 19.0. The number of amides is 8. The molecule has 0 aliphatic heterocycles. The molecule has 0 aliphatic carbocycles. The van der Waals surface area contributed by atoms with Crippen LogP contribution in [0.3, 0.4) is 0 Å². The molecule has 0 fully saturated rings. The molecule has 4 aromatic rings. The maximum atomic E-state index is 14.3. The van der Waals surface area contributed by atoms with Gasteiger partial charge in [0.25, 0.3) is 23.6 Å². The third-order valence-corrected chi connectivity index (χ3v) is 12.9. The molecule has 4 rings (SSSR count). The minimum absolute atomic E-state index is 0.00884. The average molecular weight is 1150 g/mol. The molecule has 0 aromatic heterocycles. The Labute approximate surface area is 481 Å². The highest BCUT2D eigenvalue weighted by molar-refractivity contribution is 6.07. The van der Waals surface area contributed by atoms with Crippen molar-refractivity contribution in [3.63, 3.8) is 0 Å². The number of ether oxygens (including phenoxy) is 4. The third-order valence-electron chi connectivity index (χ3n) is 12.9. The van der Waals surface area contributed by atoms with Crippen molar-refractivity contribution < 1.29 is 57.3 Å². The van der Waals surface area contributed by atoms with Crippen LogP contribution in [0.15, 0.2) is 77.8 Å². The number of benzene rings is 4. The van der Waals surface area contributed by atoms with E-state index in [2.05, 4.69) is 42.2 Å². The Morgan fingerprint density at radius 2 is 0.723 bits per heavy atom. The van der Waals surface area contributed by atoms with Crippen molar-refractivity contribution in [1.82, 2.24) is 16.0 Å². The van der Waals surface area contributed by atoms with Gasteiger partial charge >= 0.3 is 0 Å². The number of hydrogen-bond donors (Lipinski definition) is 14. The summed E-state index contributed by atoms with van der Waals surface area (Å²) in [6.07, 6.45) is 4.26. The Morgan fingerprint density at radius 3 is 1.04 bits per heavy atom. The Morgan fingerprint density at radius 1 is 0.422 bits per heavy atom. The average Bonchev–Trinajstić information content (AvgIpc) is 3.54. The van der Waals surface area contributed by atoms with Gasteiger partial charge in [-0.25, -0.2) is 0 Å². The number of rotatable bonds is 35. The van der Waals surface area contributed by atoms with E-state index in [4.69, 9.17) is 59.1 Å². The van der Waals surface area contributed by atoms with Gasteiger partial charge < -0.3 is 96.3 Å². The first-order valence-electron chi connectivity index (χ1n) is 26.9. The Balaban J connectivity index is 1.57. The van der Waals surface area contributed by atoms with Crippen LogP contribution < -0.4 is 96.3 Å². The van der Waals surface area contributed by atoms with Gasteiger partial charge in [-0.1, -0.05) is 6.42 Å². The van der Waals surface area contributed by atoms with Crippen LogP contribution >= 0.6 is 0 Å². The number of unbranched alkanes of at least 4 members (excludes halogenated alkanes) is 3.